The number of carbonyl (C=O) groups excluding carboxylic acids is 2. The number of piperidine rings is 1. The van der Waals surface area contributed by atoms with Gasteiger partial charge in [-0.2, -0.15) is 0 Å². The van der Waals surface area contributed by atoms with Crippen molar-refractivity contribution in [2.24, 2.45) is 0 Å². The van der Waals surface area contributed by atoms with E-state index in [4.69, 9.17) is 4.74 Å². The molecule has 0 unspecified atom stereocenters. The standard InChI is InChI=1S/C24H24FN3O3S/c1-16-26-21(15-32-16)14-31-22-4-2-3-18(13-22)24(30)28-11-9-20(10-12-28)27-23(29)17-5-7-19(25)8-6-17/h2-8,13,15,20H,9-12,14H2,1H3,(H,27,29). The fourth-order valence-corrected chi connectivity index (χ4v) is 4.23. The molecule has 3 aromatic rings. The van der Waals surface area contributed by atoms with Gasteiger partial charge in [0.1, 0.15) is 18.2 Å². The van der Waals surface area contributed by atoms with Crippen LogP contribution in [0.2, 0.25) is 0 Å². The Morgan fingerprint density at radius 3 is 2.59 bits per heavy atom. The molecule has 1 aliphatic heterocycles. The average molecular weight is 454 g/mol. The minimum absolute atomic E-state index is 0.0205. The van der Waals surface area contributed by atoms with Gasteiger partial charge < -0.3 is 15.0 Å². The first-order valence-electron chi connectivity index (χ1n) is 10.5. The van der Waals surface area contributed by atoms with Gasteiger partial charge in [-0.25, -0.2) is 9.37 Å². The zero-order valence-corrected chi connectivity index (χ0v) is 18.5. The van der Waals surface area contributed by atoms with Crippen LogP contribution in [-0.4, -0.2) is 40.8 Å². The van der Waals surface area contributed by atoms with Crippen molar-refractivity contribution >= 4 is 23.2 Å². The van der Waals surface area contributed by atoms with Crippen molar-refractivity contribution in [3.8, 4) is 5.75 Å². The van der Waals surface area contributed by atoms with E-state index >= 15 is 0 Å². The molecule has 0 atom stereocenters. The normalized spacial score (nSPS) is 14.2. The molecule has 0 radical (unpaired) electrons. The van der Waals surface area contributed by atoms with Gasteiger partial charge >= 0.3 is 0 Å². The summed E-state index contributed by atoms with van der Waals surface area (Å²) in [5, 5.41) is 5.92. The van der Waals surface area contributed by atoms with Crippen LogP contribution in [0.4, 0.5) is 4.39 Å². The highest BCUT2D eigenvalue weighted by Crippen LogP contribution is 2.20. The first-order valence-corrected chi connectivity index (χ1v) is 11.4. The summed E-state index contributed by atoms with van der Waals surface area (Å²) in [5.74, 6) is -0.0257. The molecule has 0 saturated carbocycles. The number of thiazole rings is 1. The number of aryl methyl sites for hydroxylation is 1. The predicted molar refractivity (Wildman–Crippen MR) is 120 cm³/mol. The molecule has 1 aliphatic rings. The zero-order valence-electron chi connectivity index (χ0n) is 17.7. The fraction of sp³-hybridized carbons (Fsp3) is 0.292. The molecule has 166 valence electrons. The molecule has 1 saturated heterocycles. The molecule has 1 fully saturated rings. The monoisotopic (exact) mass is 453 g/mol. The number of nitrogens with one attached hydrogen (secondary N) is 1. The first-order chi connectivity index (χ1) is 15.5. The smallest absolute Gasteiger partial charge is 0.253 e. The molecule has 1 aromatic heterocycles. The molecule has 6 nitrogen and oxygen atoms in total. The van der Waals surface area contributed by atoms with Crippen LogP contribution in [0.15, 0.2) is 53.9 Å². The molecule has 32 heavy (non-hydrogen) atoms. The minimum atomic E-state index is -0.374. The molecule has 0 bridgehead atoms. The molecular formula is C24H24FN3O3S. The molecule has 4 rings (SSSR count). The van der Waals surface area contributed by atoms with Crippen molar-refractivity contribution in [2.75, 3.05) is 13.1 Å². The third kappa shape index (κ3) is 5.50. The zero-order chi connectivity index (χ0) is 22.5. The number of rotatable bonds is 6. The van der Waals surface area contributed by atoms with Crippen LogP contribution in [-0.2, 0) is 6.61 Å². The molecule has 8 heteroatoms. The Morgan fingerprint density at radius 1 is 1.16 bits per heavy atom. The van der Waals surface area contributed by atoms with E-state index in [1.807, 2.05) is 24.4 Å². The average Bonchev–Trinajstić information content (AvgIpc) is 3.23. The van der Waals surface area contributed by atoms with E-state index in [9.17, 15) is 14.0 Å². The second kappa shape index (κ2) is 9.91. The first kappa shape index (κ1) is 22.0. The second-order valence-electron chi connectivity index (χ2n) is 7.72. The Kier molecular flexibility index (Phi) is 6.80. The van der Waals surface area contributed by atoms with Crippen molar-refractivity contribution < 1.29 is 18.7 Å². The van der Waals surface area contributed by atoms with Gasteiger partial charge in [-0.1, -0.05) is 6.07 Å². The lowest BCUT2D eigenvalue weighted by molar-refractivity contribution is 0.0697. The van der Waals surface area contributed by atoms with Crippen LogP contribution in [0.1, 0.15) is 44.3 Å². The van der Waals surface area contributed by atoms with Gasteiger partial charge in [-0.15, -0.1) is 11.3 Å². The molecule has 2 heterocycles. The van der Waals surface area contributed by atoms with Crippen LogP contribution in [0, 0.1) is 12.7 Å². The van der Waals surface area contributed by atoms with E-state index in [1.165, 1.54) is 24.3 Å². The molecule has 0 spiro atoms. The topological polar surface area (TPSA) is 71.5 Å². The highest BCUT2D eigenvalue weighted by molar-refractivity contribution is 7.09. The Morgan fingerprint density at radius 2 is 1.91 bits per heavy atom. The number of amides is 2. The highest BCUT2D eigenvalue weighted by Gasteiger charge is 2.25. The summed E-state index contributed by atoms with van der Waals surface area (Å²) in [5.41, 5.74) is 1.87. The Bertz CT molecular complexity index is 1090. The lowest BCUT2D eigenvalue weighted by Crippen LogP contribution is -2.46. The van der Waals surface area contributed by atoms with Crippen LogP contribution >= 0.6 is 11.3 Å². The van der Waals surface area contributed by atoms with Crippen molar-refractivity contribution in [2.45, 2.75) is 32.4 Å². The number of benzene rings is 2. The highest BCUT2D eigenvalue weighted by atomic mass is 32.1. The van der Waals surface area contributed by atoms with Gasteiger partial charge in [0.05, 0.1) is 10.7 Å². The quantitative estimate of drug-likeness (QED) is 0.607. The summed E-state index contributed by atoms with van der Waals surface area (Å²) >= 11 is 1.58. The maximum absolute atomic E-state index is 13.0. The third-order valence-electron chi connectivity index (χ3n) is 5.36. The van der Waals surface area contributed by atoms with Crippen molar-refractivity contribution in [3.05, 3.63) is 81.6 Å². The summed E-state index contributed by atoms with van der Waals surface area (Å²) in [6.07, 6.45) is 1.33. The fourth-order valence-electron chi connectivity index (χ4n) is 3.63. The lowest BCUT2D eigenvalue weighted by Gasteiger charge is -2.32. The molecule has 0 aliphatic carbocycles. The van der Waals surface area contributed by atoms with Gasteiger partial charge in [0.2, 0.25) is 0 Å². The van der Waals surface area contributed by atoms with Crippen molar-refractivity contribution in [3.63, 3.8) is 0 Å². The number of aromatic nitrogens is 1. The van der Waals surface area contributed by atoms with Gasteiger partial charge in [-0.05, 0) is 62.2 Å². The number of carbonyl (C=O) groups is 2. The molecule has 2 aromatic carbocycles. The summed E-state index contributed by atoms with van der Waals surface area (Å²) in [6.45, 7) is 3.42. The van der Waals surface area contributed by atoms with Crippen LogP contribution in [0.5, 0.6) is 5.75 Å². The van der Waals surface area contributed by atoms with Gasteiger partial charge in [0, 0.05) is 35.6 Å². The van der Waals surface area contributed by atoms with Gasteiger partial charge in [0.15, 0.2) is 0 Å². The van der Waals surface area contributed by atoms with E-state index in [2.05, 4.69) is 10.3 Å². The third-order valence-corrected chi connectivity index (χ3v) is 6.18. The van der Waals surface area contributed by atoms with Gasteiger partial charge in [-0.3, -0.25) is 9.59 Å². The van der Waals surface area contributed by atoms with E-state index in [0.29, 0.717) is 49.4 Å². The Hall–Kier alpha value is -3.26. The summed E-state index contributed by atoms with van der Waals surface area (Å²) in [6, 6.07) is 12.6. The summed E-state index contributed by atoms with van der Waals surface area (Å²) < 4.78 is 18.8. The number of hydrogen-bond donors (Lipinski definition) is 1. The maximum Gasteiger partial charge on any atom is 0.253 e. The van der Waals surface area contributed by atoms with Crippen LogP contribution in [0.25, 0.3) is 0 Å². The number of halogens is 1. The number of nitrogens with zero attached hydrogens (tertiary/aromatic N) is 2. The second-order valence-corrected chi connectivity index (χ2v) is 8.78. The number of hydrogen-bond acceptors (Lipinski definition) is 5. The SMILES string of the molecule is Cc1nc(COc2cccc(C(=O)N3CCC(NC(=O)c4ccc(F)cc4)CC3)c2)cs1. The van der Waals surface area contributed by atoms with Crippen molar-refractivity contribution in [1.29, 1.82) is 0 Å². The lowest BCUT2D eigenvalue weighted by atomic mass is 10.0. The Balaban J connectivity index is 1.29. The minimum Gasteiger partial charge on any atom is -0.487 e. The largest absolute Gasteiger partial charge is 0.487 e. The predicted octanol–water partition coefficient (Wildman–Crippen LogP) is 4.20. The molecule has 1 N–H and O–H groups in total. The van der Waals surface area contributed by atoms with E-state index in [0.717, 1.165) is 10.7 Å². The van der Waals surface area contributed by atoms with Gasteiger partial charge in [0.25, 0.3) is 11.8 Å². The molecule has 2 amide bonds. The van der Waals surface area contributed by atoms with E-state index in [1.54, 1.807) is 28.4 Å². The summed E-state index contributed by atoms with van der Waals surface area (Å²) in [4.78, 5) is 31.5. The van der Waals surface area contributed by atoms with Crippen LogP contribution < -0.4 is 10.1 Å². The molecular weight excluding hydrogens is 429 g/mol. The number of likely N-dealkylation sites (tertiary alicyclic amines) is 1. The Labute approximate surface area is 190 Å². The van der Waals surface area contributed by atoms with Crippen LogP contribution in [0.3, 0.4) is 0 Å². The maximum atomic E-state index is 13.0. The number of ether oxygens (including phenoxy) is 1. The van der Waals surface area contributed by atoms with Crippen molar-refractivity contribution in [1.82, 2.24) is 15.2 Å². The summed E-state index contributed by atoms with van der Waals surface area (Å²) in [7, 11) is 0. The van der Waals surface area contributed by atoms with E-state index in [-0.39, 0.29) is 23.7 Å². The van der Waals surface area contributed by atoms with E-state index < -0.39 is 0 Å².